The van der Waals surface area contributed by atoms with Gasteiger partial charge < -0.3 is 5.73 Å². The van der Waals surface area contributed by atoms with Crippen LogP contribution in [0.1, 0.15) is 11.5 Å². The fourth-order valence-electron chi connectivity index (χ4n) is 1.20. The molecule has 2 aromatic rings. The minimum atomic E-state index is 0.410. The van der Waals surface area contributed by atoms with Gasteiger partial charge in [0.1, 0.15) is 23.2 Å². The number of nitrogens with zero attached hydrogens (tertiary/aromatic N) is 4. The molecule has 0 atom stereocenters. The van der Waals surface area contributed by atoms with Crippen molar-refractivity contribution in [2.24, 2.45) is 0 Å². The Labute approximate surface area is 75.1 Å². The van der Waals surface area contributed by atoms with Gasteiger partial charge in [-0.15, -0.1) is 0 Å². The van der Waals surface area contributed by atoms with Crippen molar-refractivity contribution in [3.05, 3.63) is 17.8 Å². The van der Waals surface area contributed by atoms with Crippen LogP contribution in [0.15, 0.2) is 6.33 Å². The first-order valence-electron chi connectivity index (χ1n) is 3.90. The van der Waals surface area contributed by atoms with E-state index in [0.29, 0.717) is 17.2 Å². The number of nitrogens with two attached hydrogens (primary N) is 1. The third-order valence-corrected chi connectivity index (χ3v) is 1.80. The highest BCUT2D eigenvalue weighted by Gasteiger charge is 2.05. The average molecular weight is 175 g/mol. The summed E-state index contributed by atoms with van der Waals surface area (Å²) in [5.41, 5.74) is 7.86. The molecule has 5 heteroatoms. The van der Waals surface area contributed by atoms with Crippen LogP contribution < -0.4 is 5.73 Å². The van der Waals surface area contributed by atoms with Crippen LogP contribution in [-0.4, -0.2) is 19.9 Å². The van der Waals surface area contributed by atoms with E-state index in [1.807, 2.05) is 6.92 Å². The van der Waals surface area contributed by atoms with Crippen molar-refractivity contribution >= 4 is 16.9 Å². The maximum atomic E-state index is 5.68. The van der Waals surface area contributed by atoms with Crippen molar-refractivity contribution in [1.82, 2.24) is 19.9 Å². The van der Waals surface area contributed by atoms with E-state index in [0.717, 1.165) is 11.2 Å². The highest BCUT2D eigenvalue weighted by atomic mass is 15.0. The van der Waals surface area contributed by atoms with Gasteiger partial charge in [-0.2, -0.15) is 0 Å². The van der Waals surface area contributed by atoms with Crippen LogP contribution in [0.4, 0.5) is 5.82 Å². The molecule has 0 aromatic carbocycles. The molecule has 13 heavy (non-hydrogen) atoms. The van der Waals surface area contributed by atoms with Crippen molar-refractivity contribution in [3.8, 4) is 0 Å². The van der Waals surface area contributed by atoms with Gasteiger partial charge in [0.05, 0.1) is 5.69 Å². The summed E-state index contributed by atoms with van der Waals surface area (Å²) in [6, 6.07) is 0. The van der Waals surface area contributed by atoms with Gasteiger partial charge in [0.15, 0.2) is 5.82 Å². The molecule has 0 aliphatic carbocycles. The number of hydrogen-bond donors (Lipinski definition) is 1. The van der Waals surface area contributed by atoms with E-state index in [2.05, 4.69) is 19.9 Å². The molecule has 0 fully saturated rings. The van der Waals surface area contributed by atoms with E-state index in [1.54, 1.807) is 6.92 Å². The van der Waals surface area contributed by atoms with Gasteiger partial charge in [0, 0.05) is 0 Å². The number of hydrogen-bond acceptors (Lipinski definition) is 5. The molecule has 0 unspecified atom stereocenters. The fourth-order valence-corrected chi connectivity index (χ4v) is 1.20. The Balaban J connectivity index is 2.94. The Bertz CT molecular complexity index is 465. The highest BCUT2D eigenvalue weighted by Crippen LogP contribution is 2.15. The van der Waals surface area contributed by atoms with E-state index in [1.165, 1.54) is 6.33 Å². The predicted molar refractivity (Wildman–Crippen MR) is 49.0 cm³/mol. The van der Waals surface area contributed by atoms with E-state index in [-0.39, 0.29) is 0 Å². The average Bonchev–Trinajstić information content (AvgIpc) is 2.07. The van der Waals surface area contributed by atoms with E-state index in [9.17, 15) is 0 Å². The van der Waals surface area contributed by atoms with Gasteiger partial charge in [0.2, 0.25) is 0 Å². The second-order valence-electron chi connectivity index (χ2n) is 2.81. The first kappa shape index (κ1) is 7.85. The van der Waals surface area contributed by atoms with Crippen LogP contribution in [0.25, 0.3) is 11.0 Å². The summed E-state index contributed by atoms with van der Waals surface area (Å²) in [5.74, 6) is 1.05. The Morgan fingerprint density at radius 3 is 2.62 bits per heavy atom. The van der Waals surface area contributed by atoms with Gasteiger partial charge in [0.25, 0.3) is 0 Å². The molecule has 0 aliphatic heterocycles. The Kier molecular flexibility index (Phi) is 1.58. The summed E-state index contributed by atoms with van der Waals surface area (Å²) < 4.78 is 0. The maximum Gasteiger partial charge on any atom is 0.153 e. The quantitative estimate of drug-likeness (QED) is 0.635. The van der Waals surface area contributed by atoms with Crippen molar-refractivity contribution in [3.63, 3.8) is 0 Å². The molecular weight excluding hydrogens is 166 g/mol. The Morgan fingerprint density at radius 2 is 1.85 bits per heavy atom. The Hall–Kier alpha value is -1.78. The van der Waals surface area contributed by atoms with Crippen LogP contribution in [0, 0.1) is 13.8 Å². The van der Waals surface area contributed by atoms with Crippen LogP contribution in [0.5, 0.6) is 0 Å². The lowest BCUT2D eigenvalue weighted by Gasteiger charge is -2.02. The molecule has 0 saturated carbocycles. The standard InChI is InChI=1S/C8H9N5/c1-4-6-7(11-3-10-4)8(9)13-5(2)12-6/h3H,1-2H3,(H2,9,12,13). The molecule has 0 spiro atoms. The summed E-state index contributed by atoms with van der Waals surface area (Å²) in [7, 11) is 0. The monoisotopic (exact) mass is 175 g/mol. The van der Waals surface area contributed by atoms with Crippen LogP contribution in [-0.2, 0) is 0 Å². The molecule has 2 aromatic heterocycles. The van der Waals surface area contributed by atoms with Crippen LogP contribution in [0.3, 0.4) is 0 Å². The van der Waals surface area contributed by atoms with Crippen molar-refractivity contribution in [1.29, 1.82) is 0 Å². The van der Waals surface area contributed by atoms with Gasteiger partial charge in [-0.05, 0) is 13.8 Å². The fraction of sp³-hybridized carbons (Fsp3) is 0.250. The zero-order chi connectivity index (χ0) is 9.42. The van der Waals surface area contributed by atoms with Crippen LogP contribution in [0.2, 0.25) is 0 Å². The molecule has 0 radical (unpaired) electrons. The second-order valence-corrected chi connectivity index (χ2v) is 2.81. The number of fused-ring (bicyclic) bond motifs is 1. The highest BCUT2D eigenvalue weighted by molar-refractivity contribution is 5.84. The second kappa shape index (κ2) is 2.62. The third-order valence-electron chi connectivity index (χ3n) is 1.80. The van der Waals surface area contributed by atoms with E-state index >= 15 is 0 Å². The molecule has 0 aliphatic rings. The van der Waals surface area contributed by atoms with Crippen molar-refractivity contribution in [2.75, 3.05) is 5.73 Å². The smallest absolute Gasteiger partial charge is 0.153 e. The van der Waals surface area contributed by atoms with Gasteiger partial charge in [-0.1, -0.05) is 0 Å². The zero-order valence-electron chi connectivity index (χ0n) is 7.44. The van der Waals surface area contributed by atoms with Gasteiger partial charge in [-0.25, -0.2) is 19.9 Å². The normalized spacial score (nSPS) is 10.6. The Morgan fingerprint density at radius 1 is 1.08 bits per heavy atom. The number of nitrogen functional groups attached to an aromatic ring is 1. The lowest BCUT2D eigenvalue weighted by Crippen LogP contribution is -2.01. The minimum Gasteiger partial charge on any atom is -0.382 e. The maximum absolute atomic E-state index is 5.68. The summed E-state index contributed by atoms with van der Waals surface area (Å²) in [6.07, 6.45) is 1.46. The first-order valence-corrected chi connectivity index (χ1v) is 3.90. The van der Waals surface area contributed by atoms with Crippen molar-refractivity contribution < 1.29 is 0 Å². The molecule has 5 nitrogen and oxygen atoms in total. The molecule has 0 bridgehead atoms. The molecule has 2 N–H and O–H groups in total. The lowest BCUT2D eigenvalue weighted by atomic mass is 10.3. The molecule has 0 saturated heterocycles. The number of anilines is 1. The minimum absolute atomic E-state index is 0.410. The zero-order valence-corrected chi connectivity index (χ0v) is 7.44. The summed E-state index contributed by atoms with van der Waals surface area (Å²) in [6.45, 7) is 3.66. The summed E-state index contributed by atoms with van der Waals surface area (Å²) >= 11 is 0. The lowest BCUT2D eigenvalue weighted by molar-refractivity contribution is 1.05. The molecular formula is C8H9N5. The molecule has 66 valence electrons. The molecule has 2 heterocycles. The first-order chi connectivity index (χ1) is 6.18. The predicted octanol–water partition coefficient (Wildman–Crippen LogP) is 0.619. The summed E-state index contributed by atoms with van der Waals surface area (Å²) in [5, 5.41) is 0. The largest absolute Gasteiger partial charge is 0.382 e. The van der Waals surface area contributed by atoms with Crippen molar-refractivity contribution in [2.45, 2.75) is 13.8 Å². The number of rotatable bonds is 0. The summed E-state index contributed by atoms with van der Waals surface area (Å²) in [4.78, 5) is 16.3. The molecule has 2 rings (SSSR count). The molecule has 0 amide bonds. The van der Waals surface area contributed by atoms with E-state index < -0.39 is 0 Å². The van der Waals surface area contributed by atoms with Gasteiger partial charge >= 0.3 is 0 Å². The number of aromatic nitrogens is 4. The SMILES string of the molecule is Cc1nc(N)c2ncnc(C)c2n1. The van der Waals surface area contributed by atoms with Gasteiger partial charge in [-0.3, -0.25) is 0 Å². The van der Waals surface area contributed by atoms with Crippen LogP contribution >= 0.6 is 0 Å². The number of aryl methyl sites for hydroxylation is 2. The van der Waals surface area contributed by atoms with E-state index in [4.69, 9.17) is 5.73 Å². The third kappa shape index (κ3) is 1.18. The topological polar surface area (TPSA) is 77.6 Å².